The van der Waals surface area contributed by atoms with Crippen molar-refractivity contribution in [1.29, 1.82) is 0 Å². The lowest BCUT2D eigenvalue weighted by Crippen LogP contribution is -2.44. The summed E-state index contributed by atoms with van der Waals surface area (Å²) in [5.74, 6) is 0.231. The number of nitrogens with one attached hydrogen (secondary N) is 2. The number of ether oxygens (including phenoxy) is 2. The quantitative estimate of drug-likeness (QED) is 0.707. The van der Waals surface area contributed by atoms with E-state index in [1.807, 2.05) is 12.1 Å². The zero-order valence-electron chi connectivity index (χ0n) is 15.8. The molecule has 0 aromatic heterocycles. The standard InChI is InChI=1S/C20H23ClN2O4/c1-20(2,18(24)22-12-13-5-7-14(21)8-6-13)19(25)23-15-9-10-16(26-3)17(11-15)27-4/h5-11H,12H2,1-4H3,(H,22,24)(H,23,25). The smallest absolute Gasteiger partial charge is 0.239 e. The Balaban J connectivity index is 2.02. The van der Waals surface area contributed by atoms with Gasteiger partial charge in [-0.1, -0.05) is 23.7 Å². The van der Waals surface area contributed by atoms with E-state index in [9.17, 15) is 9.59 Å². The number of anilines is 1. The van der Waals surface area contributed by atoms with Crippen LogP contribution in [0.1, 0.15) is 19.4 Å². The van der Waals surface area contributed by atoms with E-state index in [1.54, 1.807) is 44.2 Å². The predicted octanol–water partition coefficient (Wildman–Crippen LogP) is 3.64. The second kappa shape index (κ2) is 8.77. The molecule has 0 spiro atoms. The Morgan fingerprint density at radius 1 is 0.963 bits per heavy atom. The van der Waals surface area contributed by atoms with Gasteiger partial charge in [-0.3, -0.25) is 9.59 Å². The number of amides is 2. The summed E-state index contributed by atoms with van der Waals surface area (Å²) in [4.78, 5) is 25.1. The van der Waals surface area contributed by atoms with Crippen LogP contribution >= 0.6 is 11.6 Å². The van der Waals surface area contributed by atoms with Crippen molar-refractivity contribution in [3.05, 3.63) is 53.1 Å². The summed E-state index contributed by atoms with van der Waals surface area (Å²) in [6.07, 6.45) is 0. The lowest BCUT2D eigenvalue weighted by Gasteiger charge is -2.23. The number of benzene rings is 2. The van der Waals surface area contributed by atoms with Crippen LogP contribution in [-0.4, -0.2) is 26.0 Å². The van der Waals surface area contributed by atoms with Crippen molar-refractivity contribution in [2.75, 3.05) is 19.5 Å². The Hall–Kier alpha value is -2.73. The molecule has 7 heteroatoms. The first-order valence-electron chi connectivity index (χ1n) is 8.34. The summed E-state index contributed by atoms with van der Waals surface area (Å²) in [7, 11) is 3.04. The topological polar surface area (TPSA) is 76.7 Å². The second-order valence-electron chi connectivity index (χ2n) is 6.46. The largest absolute Gasteiger partial charge is 0.493 e. The highest BCUT2D eigenvalue weighted by Crippen LogP contribution is 2.30. The molecule has 6 nitrogen and oxygen atoms in total. The van der Waals surface area contributed by atoms with Crippen molar-refractivity contribution >= 4 is 29.1 Å². The van der Waals surface area contributed by atoms with Crippen LogP contribution in [0, 0.1) is 5.41 Å². The maximum Gasteiger partial charge on any atom is 0.239 e. The van der Waals surface area contributed by atoms with Gasteiger partial charge in [-0.05, 0) is 43.7 Å². The van der Waals surface area contributed by atoms with Crippen LogP contribution in [0.4, 0.5) is 5.69 Å². The molecular weight excluding hydrogens is 368 g/mol. The number of hydrogen-bond acceptors (Lipinski definition) is 4. The molecule has 0 heterocycles. The van der Waals surface area contributed by atoms with Gasteiger partial charge < -0.3 is 20.1 Å². The third-order valence-electron chi connectivity index (χ3n) is 4.14. The summed E-state index contributed by atoms with van der Waals surface area (Å²) >= 11 is 5.85. The van der Waals surface area contributed by atoms with Crippen LogP contribution in [0.15, 0.2) is 42.5 Å². The van der Waals surface area contributed by atoms with Crippen molar-refractivity contribution < 1.29 is 19.1 Å². The lowest BCUT2D eigenvalue weighted by molar-refractivity contribution is -0.138. The number of carbonyl (C=O) groups is 2. The van der Waals surface area contributed by atoms with E-state index in [1.165, 1.54) is 14.2 Å². The average molecular weight is 391 g/mol. The molecule has 2 amide bonds. The Morgan fingerprint density at radius 3 is 2.19 bits per heavy atom. The van der Waals surface area contributed by atoms with E-state index >= 15 is 0 Å². The molecule has 2 aromatic carbocycles. The molecule has 0 aliphatic carbocycles. The molecule has 0 atom stereocenters. The summed E-state index contributed by atoms with van der Waals surface area (Å²) in [6, 6.07) is 12.1. The fraction of sp³-hybridized carbons (Fsp3) is 0.300. The van der Waals surface area contributed by atoms with Gasteiger partial charge in [-0.2, -0.15) is 0 Å². The van der Waals surface area contributed by atoms with E-state index < -0.39 is 11.3 Å². The molecule has 0 saturated heterocycles. The van der Waals surface area contributed by atoms with Gasteiger partial charge in [0.05, 0.1) is 14.2 Å². The van der Waals surface area contributed by atoms with Crippen molar-refractivity contribution in [3.63, 3.8) is 0 Å². The Labute approximate surface area is 163 Å². The number of methoxy groups -OCH3 is 2. The molecule has 0 bridgehead atoms. The summed E-state index contributed by atoms with van der Waals surface area (Å²) in [6.45, 7) is 3.45. The number of rotatable bonds is 7. The minimum atomic E-state index is -1.26. The zero-order valence-corrected chi connectivity index (χ0v) is 16.5. The van der Waals surface area contributed by atoms with Gasteiger partial charge in [0, 0.05) is 23.3 Å². The first-order chi connectivity index (χ1) is 12.8. The SMILES string of the molecule is COc1ccc(NC(=O)C(C)(C)C(=O)NCc2ccc(Cl)cc2)cc1OC. The van der Waals surface area contributed by atoms with Gasteiger partial charge in [0.2, 0.25) is 11.8 Å². The number of carbonyl (C=O) groups excluding carboxylic acids is 2. The zero-order chi connectivity index (χ0) is 20.0. The molecule has 0 aliphatic rings. The van der Waals surface area contributed by atoms with Crippen molar-refractivity contribution in [1.82, 2.24) is 5.32 Å². The molecule has 0 fully saturated rings. The Bertz CT molecular complexity index is 819. The maximum absolute atomic E-state index is 12.6. The molecular formula is C20H23ClN2O4. The van der Waals surface area contributed by atoms with Crippen LogP contribution in [0.2, 0.25) is 5.02 Å². The van der Waals surface area contributed by atoms with Gasteiger partial charge in [0.1, 0.15) is 5.41 Å². The molecule has 0 saturated carbocycles. The first-order valence-corrected chi connectivity index (χ1v) is 8.72. The number of halogens is 1. The third kappa shape index (κ3) is 5.14. The monoisotopic (exact) mass is 390 g/mol. The van der Waals surface area contributed by atoms with Crippen LogP contribution < -0.4 is 20.1 Å². The average Bonchev–Trinajstić information content (AvgIpc) is 2.66. The fourth-order valence-electron chi connectivity index (χ4n) is 2.31. The third-order valence-corrected chi connectivity index (χ3v) is 4.40. The van der Waals surface area contributed by atoms with Crippen LogP contribution in [0.25, 0.3) is 0 Å². The molecule has 27 heavy (non-hydrogen) atoms. The number of hydrogen-bond donors (Lipinski definition) is 2. The molecule has 0 aliphatic heterocycles. The van der Waals surface area contributed by atoms with E-state index in [0.717, 1.165) is 5.56 Å². The van der Waals surface area contributed by atoms with Crippen LogP contribution in [0.3, 0.4) is 0 Å². The van der Waals surface area contributed by atoms with Gasteiger partial charge in [-0.25, -0.2) is 0 Å². The van der Waals surface area contributed by atoms with E-state index in [4.69, 9.17) is 21.1 Å². The fourth-order valence-corrected chi connectivity index (χ4v) is 2.44. The van der Waals surface area contributed by atoms with Crippen molar-refractivity contribution in [3.8, 4) is 11.5 Å². The van der Waals surface area contributed by atoms with Gasteiger partial charge in [-0.15, -0.1) is 0 Å². The molecule has 0 unspecified atom stereocenters. The maximum atomic E-state index is 12.6. The second-order valence-corrected chi connectivity index (χ2v) is 6.89. The van der Waals surface area contributed by atoms with Gasteiger partial charge >= 0.3 is 0 Å². The summed E-state index contributed by atoms with van der Waals surface area (Å²) in [5, 5.41) is 6.15. The van der Waals surface area contributed by atoms with Crippen molar-refractivity contribution in [2.45, 2.75) is 20.4 Å². The van der Waals surface area contributed by atoms with E-state index in [0.29, 0.717) is 28.8 Å². The normalized spacial score (nSPS) is 10.9. The highest BCUT2D eigenvalue weighted by atomic mass is 35.5. The van der Waals surface area contributed by atoms with Gasteiger partial charge in [0.15, 0.2) is 11.5 Å². The highest BCUT2D eigenvalue weighted by Gasteiger charge is 2.36. The molecule has 2 N–H and O–H groups in total. The molecule has 2 rings (SSSR count). The summed E-state index contributed by atoms with van der Waals surface area (Å²) in [5.41, 5.74) is 0.139. The van der Waals surface area contributed by atoms with Crippen molar-refractivity contribution in [2.24, 2.45) is 5.41 Å². The van der Waals surface area contributed by atoms with Crippen LogP contribution in [0.5, 0.6) is 11.5 Å². The molecule has 144 valence electrons. The summed E-state index contributed by atoms with van der Waals surface area (Å²) < 4.78 is 10.4. The Morgan fingerprint density at radius 2 is 1.59 bits per heavy atom. The molecule has 2 aromatic rings. The minimum absolute atomic E-state index is 0.309. The molecule has 0 radical (unpaired) electrons. The minimum Gasteiger partial charge on any atom is -0.493 e. The van der Waals surface area contributed by atoms with E-state index in [-0.39, 0.29) is 5.91 Å². The highest BCUT2D eigenvalue weighted by molar-refractivity contribution is 6.30. The van der Waals surface area contributed by atoms with Gasteiger partial charge in [0.25, 0.3) is 0 Å². The van der Waals surface area contributed by atoms with Crippen LogP contribution in [-0.2, 0) is 16.1 Å². The Kier molecular flexibility index (Phi) is 6.69. The first kappa shape index (κ1) is 20.6. The van der Waals surface area contributed by atoms with E-state index in [2.05, 4.69) is 10.6 Å². The predicted molar refractivity (Wildman–Crippen MR) is 105 cm³/mol. The lowest BCUT2D eigenvalue weighted by atomic mass is 9.90.